The second kappa shape index (κ2) is 8.43. The first-order valence-corrected chi connectivity index (χ1v) is 12.2. The number of rotatable bonds is 4. The van der Waals surface area contributed by atoms with Crippen LogP contribution in [0.15, 0.2) is 53.3 Å². The number of fused-ring (bicyclic) bond motifs is 1. The SMILES string of the molecule is Cc1cc(-c2cc3ccc(=O)[nH]c3nc2-c2cccc(C#N)c2F)cc(Cl)c1CS(C)(=O)=O. The average molecular weight is 482 g/mol. The molecule has 4 aromatic rings. The maximum atomic E-state index is 15.1. The van der Waals surface area contributed by atoms with Crippen molar-refractivity contribution < 1.29 is 12.8 Å². The molecule has 0 spiro atoms. The fourth-order valence-electron chi connectivity index (χ4n) is 3.68. The van der Waals surface area contributed by atoms with Gasteiger partial charge in [-0.05, 0) is 53.9 Å². The predicted octanol–water partition coefficient (Wildman–Crippen LogP) is 4.77. The maximum Gasteiger partial charge on any atom is 0.249 e. The molecule has 4 rings (SSSR count). The summed E-state index contributed by atoms with van der Waals surface area (Å²) in [5.41, 5.74) is 2.31. The zero-order chi connectivity index (χ0) is 23.9. The fourth-order valence-corrected chi connectivity index (χ4v) is 5.00. The lowest BCUT2D eigenvalue weighted by Gasteiger charge is -2.15. The van der Waals surface area contributed by atoms with Crippen molar-refractivity contribution in [2.75, 3.05) is 6.26 Å². The largest absolute Gasteiger partial charge is 0.307 e. The number of sulfone groups is 1. The number of nitrogens with one attached hydrogen (secondary N) is 1. The van der Waals surface area contributed by atoms with E-state index in [2.05, 4.69) is 9.97 Å². The van der Waals surface area contributed by atoms with Crippen LogP contribution in [0, 0.1) is 24.1 Å². The molecule has 2 heterocycles. The maximum absolute atomic E-state index is 15.1. The number of benzene rings is 2. The van der Waals surface area contributed by atoms with Crippen molar-refractivity contribution >= 4 is 32.5 Å². The van der Waals surface area contributed by atoms with E-state index in [9.17, 15) is 18.5 Å². The van der Waals surface area contributed by atoms with Crippen LogP contribution in [-0.4, -0.2) is 24.6 Å². The van der Waals surface area contributed by atoms with E-state index in [1.165, 1.54) is 18.2 Å². The number of nitrogens with zero attached hydrogens (tertiary/aromatic N) is 2. The highest BCUT2D eigenvalue weighted by atomic mass is 35.5. The van der Waals surface area contributed by atoms with Crippen LogP contribution in [0.3, 0.4) is 0 Å². The highest BCUT2D eigenvalue weighted by molar-refractivity contribution is 7.89. The van der Waals surface area contributed by atoms with Gasteiger partial charge in [0.05, 0.1) is 17.0 Å². The lowest BCUT2D eigenvalue weighted by molar-refractivity contribution is 0.601. The van der Waals surface area contributed by atoms with E-state index in [0.717, 1.165) is 6.26 Å². The van der Waals surface area contributed by atoms with E-state index in [0.29, 0.717) is 27.6 Å². The van der Waals surface area contributed by atoms with Crippen LogP contribution < -0.4 is 5.56 Å². The Morgan fingerprint density at radius 1 is 1.15 bits per heavy atom. The van der Waals surface area contributed by atoms with Crippen molar-refractivity contribution in [3.05, 3.63) is 86.4 Å². The van der Waals surface area contributed by atoms with E-state index in [-0.39, 0.29) is 38.8 Å². The first-order chi connectivity index (χ1) is 15.6. The molecule has 2 aromatic carbocycles. The van der Waals surface area contributed by atoms with Gasteiger partial charge in [-0.25, -0.2) is 17.8 Å². The van der Waals surface area contributed by atoms with Gasteiger partial charge in [0.25, 0.3) is 0 Å². The summed E-state index contributed by atoms with van der Waals surface area (Å²) in [6.07, 6.45) is 1.13. The Hall–Kier alpha value is -3.54. The fraction of sp³-hybridized carbons (Fsp3) is 0.125. The van der Waals surface area contributed by atoms with Gasteiger partial charge in [0, 0.05) is 33.9 Å². The summed E-state index contributed by atoms with van der Waals surface area (Å²) in [5.74, 6) is -0.941. The number of pyridine rings is 2. The van der Waals surface area contributed by atoms with Gasteiger partial charge in [0.15, 0.2) is 9.84 Å². The number of halogens is 2. The van der Waals surface area contributed by atoms with Gasteiger partial charge < -0.3 is 4.98 Å². The third kappa shape index (κ3) is 4.51. The highest BCUT2D eigenvalue weighted by Gasteiger charge is 2.20. The lowest BCUT2D eigenvalue weighted by atomic mass is 9.94. The molecule has 166 valence electrons. The number of hydrogen-bond donors (Lipinski definition) is 1. The van der Waals surface area contributed by atoms with Gasteiger partial charge >= 0.3 is 0 Å². The third-order valence-electron chi connectivity index (χ3n) is 5.22. The standard InChI is InChI=1S/C24H17ClFN3O3S/c1-13-8-16(10-20(25)19(13)12-33(2,31)32)18-9-14-6-7-21(30)28-24(14)29-23(18)17-5-3-4-15(11-27)22(17)26/h3-10H,12H2,1-2H3,(H,28,29,30). The summed E-state index contributed by atoms with van der Waals surface area (Å²) < 4.78 is 38.7. The smallest absolute Gasteiger partial charge is 0.249 e. The van der Waals surface area contributed by atoms with Crippen LogP contribution in [0.2, 0.25) is 5.02 Å². The van der Waals surface area contributed by atoms with Crippen LogP contribution in [0.4, 0.5) is 4.39 Å². The van der Waals surface area contributed by atoms with Crippen molar-refractivity contribution in [3.8, 4) is 28.5 Å². The Labute approximate surface area is 194 Å². The summed E-state index contributed by atoms with van der Waals surface area (Å²) >= 11 is 6.46. The quantitative estimate of drug-likeness (QED) is 0.452. The van der Waals surface area contributed by atoms with Gasteiger partial charge in [-0.2, -0.15) is 5.26 Å². The number of nitriles is 1. The van der Waals surface area contributed by atoms with Crippen LogP contribution in [0.1, 0.15) is 16.7 Å². The molecule has 1 N–H and O–H groups in total. The van der Waals surface area contributed by atoms with E-state index in [4.69, 9.17) is 11.6 Å². The molecule has 0 aliphatic heterocycles. The molecule has 0 saturated carbocycles. The molecule has 6 nitrogen and oxygen atoms in total. The summed E-state index contributed by atoms with van der Waals surface area (Å²) in [7, 11) is -3.31. The molecule has 0 amide bonds. The van der Waals surface area contributed by atoms with E-state index in [1.807, 2.05) is 6.07 Å². The molecule has 0 saturated heterocycles. The molecule has 0 aliphatic carbocycles. The van der Waals surface area contributed by atoms with Gasteiger partial charge in [-0.1, -0.05) is 23.7 Å². The summed E-state index contributed by atoms with van der Waals surface area (Å²) in [6, 6.07) is 14.3. The molecule has 2 aromatic heterocycles. The van der Waals surface area contributed by atoms with Crippen molar-refractivity contribution in [2.24, 2.45) is 0 Å². The number of hydrogen-bond acceptors (Lipinski definition) is 5. The average Bonchev–Trinajstić information content (AvgIpc) is 2.75. The van der Waals surface area contributed by atoms with Crippen LogP contribution in [0.5, 0.6) is 0 Å². The van der Waals surface area contributed by atoms with Crippen molar-refractivity contribution in [1.29, 1.82) is 5.26 Å². The van der Waals surface area contributed by atoms with Gasteiger partial charge in [-0.15, -0.1) is 0 Å². The Bertz CT molecular complexity index is 1620. The van der Waals surface area contributed by atoms with E-state index < -0.39 is 15.7 Å². The van der Waals surface area contributed by atoms with Gasteiger partial charge in [-0.3, -0.25) is 4.79 Å². The summed E-state index contributed by atoms with van der Waals surface area (Å²) in [5, 5.41) is 10.1. The van der Waals surface area contributed by atoms with Crippen LogP contribution >= 0.6 is 11.6 Å². The molecule has 0 bridgehead atoms. The number of aryl methyl sites for hydroxylation is 1. The summed E-state index contributed by atoms with van der Waals surface area (Å²) in [4.78, 5) is 19.0. The Morgan fingerprint density at radius 3 is 2.58 bits per heavy atom. The molecule has 0 atom stereocenters. The monoisotopic (exact) mass is 481 g/mol. The molecular weight excluding hydrogens is 465 g/mol. The van der Waals surface area contributed by atoms with Crippen LogP contribution in [-0.2, 0) is 15.6 Å². The minimum atomic E-state index is -3.31. The molecule has 0 radical (unpaired) electrons. The molecule has 33 heavy (non-hydrogen) atoms. The zero-order valence-electron chi connectivity index (χ0n) is 17.6. The zero-order valence-corrected chi connectivity index (χ0v) is 19.2. The van der Waals surface area contributed by atoms with Crippen molar-refractivity contribution in [2.45, 2.75) is 12.7 Å². The lowest BCUT2D eigenvalue weighted by Crippen LogP contribution is -2.06. The molecule has 0 aliphatic rings. The Morgan fingerprint density at radius 2 is 1.91 bits per heavy atom. The molecule has 0 unspecified atom stereocenters. The van der Waals surface area contributed by atoms with Crippen LogP contribution in [0.25, 0.3) is 33.4 Å². The number of aromatic amines is 1. The normalized spacial score (nSPS) is 11.5. The Balaban J connectivity index is 2.04. The van der Waals surface area contributed by atoms with Gasteiger partial charge in [0.2, 0.25) is 5.56 Å². The third-order valence-corrected chi connectivity index (χ3v) is 6.37. The second-order valence-electron chi connectivity index (χ2n) is 7.75. The summed E-state index contributed by atoms with van der Waals surface area (Å²) in [6.45, 7) is 1.75. The minimum Gasteiger partial charge on any atom is -0.307 e. The van der Waals surface area contributed by atoms with Crippen molar-refractivity contribution in [1.82, 2.24) is 9.97 Å². The molecule has 0 fully saturated rings. The minimum absolute atomic E-state index is 0.0876. The molecule has 9 heteroatoms. The Kier molecular flexibility index (Phi) is 5.78. The topological polar surface area (TPSA) is 104 Å². The van der Waals surface area contributed by atoms with E-state index in [1.54, 1.807) is 37.3 Å². The first kappa shape index (κ1) is 22.6. The second-order valence-corrected chi connectivity index (χ2v) is 10.3. The predicted molar refractivity (Wildman–Crippen MR) is 126 cm³/mol. The highest BCUT2D eigenvalue weighted by Crippen LogP contribution is 2.37. The number of aromatic nitrogens is 2. The van der Waals surface area contributed by atoms with Crippen molar-refractivity contribution in [3.63, 3.8) is 0 Å². The van der Waals surface area contributed by atoms with E-state index >= 15 is 4.39 Å². The molecular formula is C24H17ClFN3O3S. The van der Waals surface area contributed by atoms with Gasteiger partial charge in [0.1, 0.15) is 17.5 Å². The number of H-pyrrole nitrogens is 1. The first-order valence-electron chi connectivity index (χ1n) is 9.77.